The number of carbonyl (C=O) groups excluding carboxylic acids is 1. The Balaban J connectivity index is 2.20. The number of nitrogens with zero attached hydrogens (tertiary/aromatic N) is 1. The second-order valence-electron chi connectivity index (χ2n) is 4.68. The Morgan fingerprint density at radius 3 is 2.73 bits per heavy atom. The van der Waals surface area contributed by atoms with E-state index in [1.807, 2.05) is 6.92 Å². The maximum atomic E-state index is 13.7. The summed E-state index contributed by atoms with van der Waals surface area (Å²) in [5, 5.41) is 3.32. The fourth-order valence-electron chi connectivity index (χ4n) is 1.92. The van der Waals surface area contributed by atoms with Gasteiger partial charge in [-0.1, -0.05) is 17.7 Å². The molecule has 1 aromatic carbocycles. The summed E-state index contributed by atoms with van der Waals surface area (Å²) in [6.07, 6.45) is 1.33. The molecule has 3 N–H and O–H groups in total. The second kappa shape index (κ2) is 6.62. The lowest BCUT2D eigenvalue weighted by atomic mass is 10.1. The zero-order valence-corrected chi connectivity index (χ0v) is 12.8. The van der Waals surface area contributed by atoms with Gasteiger partial charge in [-0.2, -0.15) is 0 Å². The number of benzene rings is 1. The van der Waals surface area contributed by atoms with E-state index < -0.39 is 11.7 Å². The molecule has 22 heavy (non-hydrogen) atoms. The van der Waals surface area contributed by atoms with Crippen LogP contribution in [0, 0.1) is 5.82 Å². The minimum absolute atomic E-state index is 0.179. The van der Waals surface area contributed by atoms with Crippen molar-refractivity contribution in [3.05, 3.63) is 52.4 Å². The van der Waals surface area contributed by atoms with E-state index >= 15 is 0 Å². The van der Waals surface area contributed by atoms with E-state index in [-0.39, 0.29) is 22.4 Å². The molecule has 0 aliphatic heterocycles. The fourth-order valence-corrected chi connectivity index (χ4v) is 2.14. The molecule has 0 aliphatic rings. The Kier molecular flexibility index (Phi) is 4.82. The molecule has 0 bridgehead atoms. The van der Waals surface area contributed by atoms with E-state index in [0.29, 0.717) is 11.4 Å². The van der Waals surface area contributed by atoms with E-state index in [4.69, 9.17) is 22.1 Å². The third-order valence-electron chi connectivity index (χ3n) is 3.15. The Morgan fingerprint density at radius 2 is 2.18 bits per heavy atom. The number of anilines is 1. The monoisotopic (exact) mass is 323 g/mol. The average Bonchev–Trinajstić information content (AvgIpc) is 2.48. The van der Waals surface area contributed by atoms with Crippen LogP contribution in [0.4, 0.5) is 10.2 Å². The molecule has 0 saturated carbocycles. The molecule has 1 aromatic heterocycles. The number of nitrogens with two attached hydrogens (primary N) is 1. The summed E-state index contributed by atoms with van der Waals surface area (Å²) in [7, 11) is 1.41. The molecule has 0 saturated heterocycles. The molecule has 0 unspecified atom stereocenters. The van der Waals surface area contributed by atoms with Crippen molar-refractivity contribution in [3.63, 3.8) is 0 Å². The minimum Gasteiger partial charge on any atom is -0.494 e. The van der Waals surface area contributed by atoms with Crippen molar-refractivity contribution in [1.82, 2.24) is 4.98 Å². The number of hydrogen-bond donors (Lipinski definition) is 2. The van der Waals surface area contributed by atoms with Crippen molar-refractivity contribution in [3.8, 4) is 5.75 Å². The highest BCUT2D eigenvalue weighted by molar-refractivity contribution is 6.33. The van der Waals surface area contributed by atoms with Crippen molar-refractivity contribution >= 4 is 23.3 Å². The quantitative estimate of drug-likeness (QED) is 0.886. The normalized spacial score (nSPS) is 11.8. The Morgan fingerprint density at radius 1 is 1.45 bits per heavy atom. The van der Waals surface area contributed by atoms with E-state index in [0.717, 1.165) is 0 Å². The van der Waals surface area contributed by atoms with Crippen LogP contribution in [0.15, 0.2) is 30.5 Å². The molecule has 116 valence electrons. The molecule has 2 rings (SSSR count). The number of pyridine rings is 1. The zero-order chi connectivity index (χ0) is 16.3. The van der Waals surface area contributed by atoms with Gasteiger partial charge in [0.2, 0.25) is 5.91 Å². The number of hydrogen-bond acceptors (Lipinski definition) is 4. The van der Waals surface area contributed by atoms with Crippen LogP contribution in [0.3, 0.4) is 0 Å². The molecule has 0 fully saturated rings. The topological polar surface area (TPSA) is 77.2 Å². The minimum atomic E-state index is -0.605. The summed E-state index contributed by atoms with van der Waals surface area (Å²) in [6.45, 7) is 1.83. The van der Waals surface area contributed by atoms with Crippen LogP contribution >= 0.6 is 11.6 Å². The first-order chi connectivity index (χ1) is 10.4. The van der Waals surface area contributed by atoms with Crippen molar-refractivity contribution in [2.75, 3.05) is 12.4 Å². The predicted octanol–water partition coefficient (Wildman–Crippen LogP) is 3.15. The highest BCUT2D eigenvalue weighted by atomic mass is 35.5. The summed E-state index contributed by atoms with van der Waals surface area (Å²) in [5.41, 5.74) is 6.08. The van der Waals surface area contributed by atoms with Crippen LogP contribution in [0.2, 0.25) is 5.02 Å². The number of carbonyl (C=O) groups is 1. The molecule has 7 heteroatoms. The third kappa shape index (κ3) is 3.46. The van der Waals surface area contributed by atoms with Crippen molar-refractivity contribution in [2.24, 2.45) is 5.73 Å². The van der Waals surface area contributed by atoms with Crippen LogP contribution in [-0.4, -0.2) is 18.0 Å². The van der Waals surface area contributed by atoms with Gasteiger partial charge >= 0.3 is 0 Å². The largest absolute Gasteiger partial charge is 0.494 e. The number of nitrogens with one attached hydrogen (secondary N) is 1. The predicted molar refractivity (Wildman–Crippen MR) is 82.8 cm³/mol. The van der Waals surface area contributed by atoms with Gasteiger partial charge in [0, 0.05) is 6.20 Å². The van der Waals surface area contributed by atoms with Gasteiger partial charge in [-0.3, -0.25) is 4.79 Å². The van der Waals surface area contributed by atoms with Crippen LogP contribution in [0.5, 0.6) is 5.75 Å². The van der Waals surface area contributed by atoms with Gasteiger partial charge in [0.15, 0.2) is 11.6 Å². The van der Waals surface area contributed by atoms with E-state index in [1.165, 1.54) is 25.4 Å². The summed E-state index contributed by atoms with van der Waals surface area (Å²) >= 11 is 6.06. The molecule has 0 radical (unpaired) electrons. The van der Waals surface area contributed by atoms with Crippen LogP contribution in [-0.2, 0) is 0 Å². The van der Waals surface area contributed by atoms with Crippen LogP contribution in [0.25, 0.3) is 0 Å². The maximum absolute atomic E-state index is 13.7. The van der Waals surface area contributed by atoms with E-state index in [1.54, 1.807) is 12.1 Å². The van der Waals surface area contributed by atoms with Gasteiger partial charge < -0.3 is 15.8 Å². The molecule has 1 atom stereocenters. The Bertz CT molecular complexity index is 709. The lowest BCUT2D eigenvalue weighted by Gasteiger charge is -2.16. The SMILES string of the molecule is COc1ccc([C@H](C)Nc2ncc(C(N)=O)cc2Cl)cc1F. The number of rotatable bonds is 5. The lowest BCUT2D eigenvalue weighted by Crippen LogP contribution is -2.13. The number of ether oxygens (including phenoxy) is 1. The Labute approximate surface area is 132 Å². The summed E-state index contributed by atoms with van der Waals surface area (Å²) in [4.78, 5) is 15.1. The molecule has 5 nitrogen and oxygen atoms in total. The van der Waals surface area contributed by atoms with E-state index in [2.05, 4.69) is 10.3 Å². The molecular formula is C15H15ClFN3O2. The molecule has 0 aliphatic carbocycles. The number of primary amides is 1. The molecule has 2 aromatic rings. The lowest BCUT2D eigenvalue weighted by molar-refractivity contribution is 0.1000. The highest BCUT2D eigenvalue weighted by Crippen LogP contribution is 2.27. The smallest absolute Gasteiger partial charge is 0.250 e. The zero-order valence-electron chi connectivity index (χ0n) is 12.1. The van der Waals surface area contributed by atoms with Gasteiger partial charge in [0.1, 0.15) is 5.82 Å². The first-order valence-electron chi connectivity index (χ1n) is 6.47. The first kappa shape index (κ1) is 16.0. The van der Waals surface area contributed by atoms with Crippen molar-refractivity contribution < 1.29 is 13.9 Å². The van der Waals surface area contributed by atoms with Gasteiger partial charge in [-0.15, -0.1) is 0 Å². The molecular weight excluding hydrogens is 309 g/mol. The summed E-state index contributed by atoms with van der Waals surface area (Å²) in [5.74, 6) is -0.490. The van der Waals surface area contributed by atoms with Crippen LogP contribution < -0.4 is 15.8 Å². The number of aromatic nitrogens is 1. The molecule has 1 heterocycles. The molecule has 1 amide bonds. The van der Waals surface area contributed by atoms with Gasteiger partial charge in [0.05, 0.1) is 23.7 Å². The molecule has 0 spiro atoms. The average molecular weight is 324 g/mol. The summed E-state index contributed by atoms with van der Waals surface area (Å²) in [6, 6.07) is 5.85. The number of halogens is 2. The van der Waals surface area contributed by atoms with Crippen molar-refractivity contribution in [1.29, 1.82) is 0 Å². The first-order valence-corrected chi connectivity index (χ1v) is 6.85. The number of methoxy groups -OCH3 is 1. The van der Waals surface area contributed by atoms with Gasteiger partial charge in [-0.05, 0) is 30.7 Å². The van der Waals surface area contributed by atoms with E-state index in [9.17, 15) is 9.18 Å². The standard InChI is InChI=1S/C15H15ClFN3O2/c1-8(9-3-4-13(22-2)12(17)6-9)20-15-11(16)5-10(7-19-15)14(18)21/h3-8H,1-2H3,(H2,18,21)(H,19,20)/t8-/m0/s1. The second-order valence-corrected chi connectivity index (χ2v) is 5.09. The van der Waals surface area contributed by atoms with Crippen LogP contribution in [0.1, 0.15) is 28.9 Å². The number of amides is 1. The maximum Gasteiger partial charge on any atom is 0.250 e. The fraction of sp³-hybridized carbons (Fsp3) is 0.200. The van der Waals surface area contributed by atoms with Gasteiger partial charge in [0.25, 0.3) is 0 Å². The van der Waals surface area contributed by atoms with Gasteiger partial charge in [-0.25, -0.2) is 9.37 Å². The highest BCUT2D eigenvalue weighted by Gasteiger charge is 2.13. The Hall–Kier alpha value is -2.34. The van der Waals surface area contributed by atoms with Crippen molar-refractivity contribution in [2.45, 2.75) is 13.0 Å². The third-order valence-corrected chi connectivity index (χ3v) is 3.44. The summed E-state index contributed by atoms with van der Waals surface area (Å²) < 4.78 is 18.6.